The van der Waals surface area contributed by atoms with Gasteiger partial charge in [-0.2, -0.15) is 0 Å². The molecular formula is C16H28O2. The van der Waals surface area contributed by atoms with Crippen LogP contribution >= 0.6 is 0 Å². The van der Waals surface area contributed by atoms with Gasteiger partial charge in [-0.1, -0.05) is 50.5 Å². The molecule has 0 aromatic heterocycles. The molecule has 2 heteroatoms. The number of carboxylic acids is 1. The minimum atomic E-state index is -0.682. The molecular weight excluding hydrogens is 224 g/mol. The predicted octanol–water partition coefficient (Wildman–Crippen LogP) is 5.10. The molecule has 2 nitrogen and oxygen atoms in total. The van der Waals surface area contributed by atoms with Gasteiger partial charge in [0.15, 0.2) is 0 Å². The van der Waals surface area contributed by atoms with E-state index in [2.05, 4.69) is 31.2 Å². The molecule has 0 fully saturated rings. The summed E-state index contributed by atoms with van der Waals surface area (Å²) in [4.78, 5) is 10.3. The highest BCUT2D eigenvalue weighted by atomic mass is 16.4. The van der Waals surface area contributed by atoms with Gasteiger partial charge in [-0.05, 0) is 38.5 Å². The molecule has 0 atom stereocenters. The minimum Gasteiger partial charge on any atom is -0.481 e. The molecule has 0 aliphatic carbocycles. The molecule has 0 bridgehead atoms. The van der Waals surface area contributed by atoms with E-state index in [1.165, 1.54) is 25.7 Å². The first-order valence-electron chi connectivity index (χ1n) is 7.29. The van der Waals surface area contributed by atoms with Crippen molar-refractivity contribution in [2.75, 3.05) is 0 Å². The molecule has 0 aromatic carbocycles. The maximum Gasteiger partial charge on any atom is 0.303 e. The van der Waals surface area contributed by atoms with Gasteiger partial charge in [-0.15, -0.1) is 0 Å². The van der Waals surface area contributed by atoms with Crippen molar-refractivity contribution in [2.45, 2.75) is 71.1 Å². The zero-order valence-corrected chi connectivity index (χ0v) is 11.7. The van der Waals surface area contributed by atoms with Crippen molar-refractivity contribution < 1.29 is 9.90 Å². The molecule has 18 heavy (non-hydrogen) atoms. The summed E-state index contributed by atoms with van der Waals surface area (Å²) in [6, 6.07) is 0. The number of allylic oxidation sites excluding steroid dienone is 4. The maximum absolute atomic E-state index is 10.3. The quantitative estimate of drug-likeness (QED) is 0.387. The van der Waals surface area contributed by atoms with Gasteiger partial charge in [-0.25, -0.2) is 0 Å². The van der Waals surface area contributed by atoms with Crippen molar-refractivity contribution in [3.63, 3.8) is 0 Å². The third kappa shape index (κ3) is 14.9. The van der Waals surface area contributed by atoms with E-state index in [1.54, 1.807) is 0 Å². The van der Waals surface area contributed by atoms with Gasteiger partial charge in [0, 0.05) is 6.42 Å². The lowest BCUT2D eigenvalue weighted by Crippen LogP contribution is -1.93. The predicted molar refractivity (Wildman–Crippen MR) is 77.8 cm³/mol. The zero-order chi connectivity index (χ0) is 13.5. The van der Waals surface area contributed by atoms with E-state index in [4.69, 9.17) is 5.11 Å². The Kier molecular flexibility index (Phi) is 13.2. The summed E-state index contributed by atoms with van der Waals surface area (Å²) in [5.74, 6) is -0.682. The van der Waals surface area contributed by atoms with Crippen molar-refractivity contribution in [3.8, 4) is 0 Å². The number of rotatable bonds is 12. The first kappa shape index (κ1) is 16.9. The summed E-state index contributed by atoms with van der Waals surface area (Å²) in [5.41, 5.74) is 0. The molecule has 0 saturated heterocycles. The molecule has 0 amide bonds. The van der Waals surface area contributed by atoms with Crippen LogP contribution in [-0.2, 0) is 4.79 Å². The monoisotopic (exact) mass is 252 g/mol. The van der Waals surface area contributed by atoms with Crippen molar-refractivity contribution in [2.24, 2.45) is 0 Å². The lowest BCUT2D eigenvalue weighted by Gasteiger charge is -1.95. The number of aliphatic carboxylic acids is 1. The summed E-state index contributed by atoms with van der Waals surface area (Å²) in [6.45, 7) is 2.23. The molecule has 0 unspecified atom stereocenters. The zero-order valence-electron chi connectivity index (χ0n) is 11.7. The lowest BCUT2D eigenvalue weighted by atomic mass is 10.1. The summed E-state index contributed by atoms with van der Waals surface area (Å²) in [5, 5.41) is 8.47. The smallest absolute Gasteiger partial charge is 0.303 e. The molecule has 0 aromatic rings. The average molecular weight is 252 g/mol. The van der Waals surface area contributed by atoms with Crippen molar-refractivity contribution in [1.29, 1.82) is 0 Å². The molecule has 0 radical (unpaired) electrons. The third-order valence-corrected chi connectivity index (χ3v) is 2.84. The topological polar surface area (TPSA) is 37.3 Å². The van der Waals surface area contributed by atoms with E-state index in [-0.39, 0.29) is 0 Å². The van der Waals surface area contributed by atoms with Gasteiger partial charge in [0.05, 0.1) is 0 Å². The largest absolute Gasteiger partial charge is 0.481 e. The molecule has 104 valence electrons. The van der Waals surface area contributed by atoms with Gasteiger partial charge < -0.3 is 5.11 Å². The molecule has 0 aliphatic rings. The van der Waals surface area contributed by atoms with Crippen LogP contribution in [0.2, 0.25) is 0 Å². The van der Waals surface area contributed by atoms with Gasteiger partial charge in [0.2, 0.25) is 0 Å². The number of hydrogen-bond donors (Lipinski definition) is 1. The summed E-state index contributed by atoms with van der Waals surface area (Å²) in [6.07, 6.45) is 19.4. The Balaban J connectivity index is 3.20. The Morgan fingerprint density at radius 1 is 0.889 bits per heavy atom. The molecule has 0 heterocycles. The van der Waals surface area contributed by atoms with Crippen LogP contribution in [-0.4, -0.2) is 11.1 Å². The maximum atomic E-state index is 10.3. The number of carbonyl (C=O) groups is 1. The number of carboxylic acid groups (broad SMARTS) is 1. The van der Waals surface area contributed by atoms with E-state index in [0.29, 0.717) is 6.42 Å². The minimum absolute atomic E-state index is 0.310. The highest BCUT2D eigenvalue weighted by Crippen LogP contribution is 2.04. The number of hydrogen-bond acceptors (Lipinski definition) is 1. The van der Waals surface area contributed by atoms with Gasteiger partial charge in [0.25, 0.3) is 0 Å². The Morgan fingerprint density at radius 2 is 1.50 bits per heavy atom. The van der Waals surface area contributed by atoms with Crippen LogP contribution in [0.4, 0.5) is 0 Å². The lowest BCUT2D eigenvalue weighted by molar-refractivity contribution is -0.137. The summed E-state index contributed by atoms with van der Waals surface area (Å²) >= 11 is 0. The first-order chi connectivity index (χ1) is 8.77. The molecule has 1 N–H and O–H groups in total. The van der Waals surface area contributed by atoms with Gasteiger partial charge in [-0.3, -0.25) is 4.79 Å². The Morgan fingerprint density at radius 3 is 2.06 bits per heavy atom. The first-order valence-corrected chi connectivity index (χ1v) is 7.29. The third-order valence-electron chi connectivity index (χ3n) is 2.84. The van der Waals surface area contributed by atoms with Crippen molar-refractivity contribution >= 4 is 5.97 Å². The van der Waals surface area contributed by atoms with Crippen molar-refractivity contribution in [1.82, 2.24) is 0 Å². The standard InChI is InChI=1S/C16H28O2/c1-2-3-4-5-6-7-8-9-10-11-12-13-14-15-16(17)18/h6-7,9-10H,2-5,8,11-15H2,1H3,(H,17,18)/b7-6?,10-9-. The Hall–Kier alpha value is -1.05. The van der Waals surface area contributed by atoms with Crippen LogP contribution in [0.25, 0.3) is 0 Å². The van der Waals surface area contributed by atoms with Crippen LogP contribution in [0.3, 0.4) is 0 Å². The highest BCUT2D eigenvalue weighted by Gasteiger charge is 1.94. The average Bonchev–Trinajstić information content (AvgIpc) is 2.34. The molecule has 0 aliphatic heterocycles. The fourth-order valence-electron chi connectivity index (χ4n) is 1.73. The van der Waals surface area contributed by atoms with Crippen LogP contribution in [0.1, 0.15) is 71.1 Å². The SMILES string of the molecule is CCCCCC=CC/C=C\CCCCCC(=O)O. The van der Waals surface area contributed by atoms with E-state index < -0.39 is 5.97 Å². The van der Waals surface area contributed by atoms with Crippen LogP contribution < -0.4 is 0 Å². The van der Waals surface area contributed by atoms with Gasteiger partial charge in [0.1, 0.15) is 0 Å². The van der Waals surface area contributed by atoms with Gasteiger partial charge >= 0.3 is 5.97 Å². The Bertz CT molecular complexity index is 241. The van der Waals surface area contributed by atoms with E-state index in [0.717, 1.165) is 32.1 Å². The van der Waals surface area contributed by atoms with Crippen molar-refractivity contribution in [3.05, 3.63) is 24.3 Å². The molecule has 0 spiro atoms. The second kappa shape index (κ2) is 14.0. The summed E-state index contributed by atoms with van der Waals surface area (Å²) < 4.78 is 0. The Labute approximate surface area is 112 Å². The normalized spacial score (nSPS) is 11.6. The summed E-state index contributed by atoms with van der Waals surface area (Å²) in [7, 11) is 0. The molecule has 0 rings (SSSR count). The van der Waals surface area contributed by atoms with E-state index in [1.807, 2.05) is 0 Å². The van der Waals surface area contributed by atoms with Crippen LogP contribution in [0.5, 0.6) is 0 Å². The fourth-order valence-corrected chi connectivity index (χ4v) is 1.73. The highest BCUT2D eigenvalue weighted by molar-refractivity contribution is 5.66. The van der Waals surface area contributed by atoms with E-state index in [9.17, 15) is 4.79 Å². The van der Waals surface area contributed by atoms with E-state index >= 15 is 0 Å². The number of unbranched alkanes of at least 4 members (excludes halogenated alkanes) is 6. The molecule has 0 saturated carbocycles. The second-order valence-corrected chi connectivity index (χ2v) is 4.67. The second-order valence-electron chi connectivity index (χ2n) is 4.67. The van der Waals surface area contributed by atoms with Crippen LogP contribution in [0.15, 0.2) is 24.3 Å². The van der Waals surface area contributed by atoms with Crippen LogP contribution in [0, 0.1) is 0 Å². The fraction of sp³-hybridized carbons (Fsp3) is 0.688.